The van der Waals surface area contributed by atoms with Gasteiger partial charge in [-0.1, -0.05) is 6.07 Å². The number of methoxy groups -OCH3 is 1. The molecule has 1 aliphatic rings. The average molecular weight is 345 g/mol. The van der Waals surface area contributed by atoms with E-state index in [4.69, 9.17) is 9.47 Å². The highest BCUT2D eigenvalue weighted by molar-refractivity contribution is 5.94. The van der Waals surface area contributed by atoms with Crippen molar-refractivity contribution >= 4 is 5.91 Å². The number of ether oxygens (including phenoxy) is 2. The van der Waals surface area contributed by atoms with Crippen LogP contribution in [0.1, 0.15) is 36.0 Å². The number of rotatable bonds is 5. The van der Waals surface area contributed by atoms with E-state index in [1.807, 2.05) is 0 Å². The Labute approximate surface area is 145 Å². The molecule has 0 bridgehead atoms. The third-order valence-corrected chi connectivity index (χ3v) is 4.18. The van der Waals surface area contributed by atoms with E-state index in [0.717, 1.165) is 25.7 Å². The number of carbonyl (C=O) groups is 1. The van der Waals surface area contributed by atoms with E-state index < -0.39 is 5.82 Å². The number of aromatic nitrogens is 2. The van der Waals surface area contributed by atoms with Gasteiger partial charge in [0.1, 0.15) is 11.9 Å². The maximum absolute atomic E-state index is 13.2. The van der Waals surface area contributed by atoms with Gasteiger partial charge in [-0.2, -0.15) is 4.98 Å². The summed E-state index contributed by atoms with van der Waals surface area (Å²) >= 11 is 0. The summed E-state index contributed by atoms with van der Waals surface area (Å²) in [6.45, 7) is 0. The van der Waals surface area contributed by atoms with Crippen LogP contribution in [0, 0.1) is 5.82 Å². The van der Waals surface area contributed by atoms with Gasteiger partial charge in [0.25, 0.3) is 5.91 Å². The lowest BCUT2D eigenvalue weighted by atomic mass is 9.92. The monoisotopic (exact) mass is 345 g/mol. The molecular formula is C18H20FN3O3. The van der Waals surface area contributed by atoms with Crippen molar-refractivity contribution < 1.29 is 18.7 Å². The first-order valence-corrected chi connectivity index (χ1v) is 8.23. The molecule has 0 unspecified atom stereocenters. The first-order chi connectivity index (χ1) is 12.1. The highest BCUT2D eigenvalue weighted by Crippen LogP contribution is 2.23. The molecule has 0 aliphatic heterocycles. The highest BCUT2D eigenvalue weighted by Gasteiger charge is 2.24. The number of hydrogen-bond acceptors (Lipinski definition) is 5. The molecule has 1 heterocycles. The zero-order chi connectivity index (χ0) is 17.6. The summed E-state index contributed by atoms with van der Waals surface area (Å²) in [7, 11) is 1.53. The Morgan fingerprint density at radius 2 is 1.96 bits per heavy atom. The summed E-state index contributed by atoms with van der Waals surface area (Å²) in [5, 5.41) is 2.96. The molecule has 1 N–H and O–H groups in total. The Balaban J connectivity index is 1.49. The second-order valence-corrected chi connectivity index (χ2v) is 5.97. The van der Waals surface area contributed by atoms with Gasteiger partial charge in [-0.3, -0.25) is 9.78 Å². The van der Waals surface area contributed by atoms with Crippen LogP contribution in [0.2, 0.25) is 0 Å². The average Bonchev–Trinajstić information content (AvgIpc) is 2.63. The molecule has 1 saturated carbocycles. The van der Waals surface area contributed by atoms with Crippen LogP contribution in [0.3, 0.4) is 0 Å². The van der Waals surface area contributed by atoms with Crippen LogP contribution >= 0.6 is 0 Å². The first-order valence-electron chi connectivity index (χ1n) is 8.23. The van der Waals surface area contributed by atoms with E-state index in [2.05, 4.69) is 15.3 Å². The molecule has 1 aromatic heterocycles. The topological polar surface area (TPSA) is 73.3 Å². The third-order valence-electron chi connectivity index (χ3n) is 4.18. The SMILES string of the molecule is COc1cncc(OC2CCC(NC(=O)c3cccc(F)c3)CC2)n1. The summed E-state index contributed by atoms with van der Waals surface area (Å²) in [4.78, 5) is 20.4. The number of carbonyl (C=O) groups excluding carboxylic acids is 1. The molecule has 6 nitrogen and oxygen atoms in total. The maximum Gasteiger partial charge on any atom is 0.251 e. The van der Waals surface area contributed by atoms with Crippen molar-refractivity contribution in [1.29, 1.82) is 0 Å². The van der Waals surface area contributed by atoms with Crippen LogP contribution in [-0.4, -0.2) is 35.1 Å². The molecule has 0 atom stereocenters. The fraction of sp³-hybridized carbons (Fsp3) is 0.389. The van der Waals surface area contributed by atoms with E-state index in [0.29, 0.717) is 17.3 Å². The number of nitrogens with one attached hydrogen (secondary N) is 1. The van der Waals surface area contributed by atoms with Crippen LogP contribution in [-0.2, 0) is 0 Å². The molecule has 0 spiro atoms. The summed E-state index contributed by atoms with van der Waals surface area (Å²) in [6, 6.07) is 5.76. The van der Waals surface area contributed by atoms with Gasteiger partial charge >= 0.3 is 0 Å². The van der Waals surface area contributed by atoms with E-state index in [-0.39, 0.29) is 18.1 Å². The molecule has 3 rings (SSSR count). The van der Waals surface area contributed by atoms with Crippen LogP contribution < -0.4 is 14.8 Å². The number of halogens is 1. The molecule has 7 heteroatoms. The van der Waals surface area contributed by atoms with Crippen LogP contribution in [0.15, 0.2) is 36.7 Å². The predicted octanol–water partition coefficient (Wildman–Crippen LogP) is 2.74. The van der Waals surface area contributed by atoms with Crippen molar-refractivity contribution in [3.05, 3.63) is 48.0 Å². The summed E-state index contributed by atoms with van der Waals surface area (Å²) in [5.74, 6) is 0.187. The lowest BCUT2D eigenvalue weighted by Gasteiger charge is -2.29. The maximum atomic E-state index is 13.2. The van der Waals surface area contributed by atoms with Crippen LogP contribution in [0.25, 0.3) is 0 Å². The van der Waals surface area contributed by atoms with Crippen molar-refractivity contribution in [1.82, 2.24) is 15.3 Å². The molecular weight excluding hydrogens is 325 g/mol. The normalized spacial score (nSPS) is 19.9. The molecule has 1 amide bonds. The van der Waals surface area contributed by atoms with Gasteiger partial charge in [0, 0.05) is 11.6 Å². The molecule has 0 radical (unpaired) electrons. The van der Waals surface area contributed by atoms with Crippen molar-refractivity contribution in [3.8, 4) is 11.8 Å². The Bertz CT molecular complexity index is 733. The van der Waals surface area contributed by atoms with Crippen molar-refractivity contribution in [2.45, 2.75) is 37.8 Å². The van der Waals surface area contributed by atoms with Gasteiger partial charge in [-0.05, 0) is 43.9 Å². The lowest BCUT2D eigenvalue weighted by Crippen LogP contribution is -2.39. The summed E-state index contributed by atoms with van der Waals surface area (Å²) in [5.41, 5.74) is 0.338. The minimum Gasteiger partial charge on any atom is -0.480 e. The van der Waals surface area contributed by atoms with Gasteiger partial charge in [0.05, 0.1) is 19.5 Å². The highest BCUT2D eigenvalue weighted by atomic mass is 19.1. The molecule has 0 saturated heterocycles. The Kier molecular flexibility index (Phi) is 5.42. The zero-order valence-corrected chi connectivity index (χ0v) is 13.9. The third kappa shape index (κ3) is 4.65. The zero-order valence-electron chi connectivity index (χ0n) is 13.9. The smallest absolute Gasteiger partial charge is 0.251 e. The van der Waals surface area contributed by atoms with Gasteiger partial charge in [-0.15, -0.1) is 0 Å². The quantitative estimate of drug-likeness (QED) is 0.902. The minimum atomic E-state index is -0.413. The minimum absolute atomic E-state index is 0.0312. The second-order valence-electron chi connectivity index (χ2n) is 5.97. The molecule has 1 fully saturated rings. The number of amides is 1. The second kappa shape index (κ2) is 7.92. The summed E-state index contributed by atoms with van der Waals surface area (Å²) in [6.07, 6.45) is 6.29. The molecule has 2 aromatic rings. The Morgan fingerprint density at radius 1 is 1.20 bits per heavy atom. The van der Waals surface area contributed by atoms with Crippen molar-refractivity contribution in [3.63, 3.8) is 0 Å². The Hall–Kier alpha value is -2.70. The van der Waals surface area contributed by atoms with Gasteiger partial charge in [0.15, 0.2) is 0 Å². The van der Waals surface area contributed by atoms with Crippen LogP contribution in [0.5, 0.6) is 11.8 Å². The largest absolute Gasteiger partial charge is 0.480 e. The number of hydrogen-bond donors (Lipinski definition) is 1. The lowest BCUT2D eigenvalue weighted by molar-refractivity contribution is 0.0888. The van der Waals surface area contributed by atoms with Gasteiger partial charge in [0.2, 0.25) is 11.8 Å². The fourth-order valence-corrected chi connectivity index (χ4v) is 2.88. The van der Waals surface area contributed by atoms with Gasteiger partial charge in [-0.25, -0.2) is 4.39 Å². The van der Waals surface area contributed by atoms with E-state index in [1.54, 1.807) is 12.3 Å². The van der Waals surface area contributed by atoms with Crippen LogP contribution in [0.4, 0.5) is 4.39 Å². The molecule has 1 aromatic carbocycles. The molecule has 25 heavy (non-hydrogen) atoms. The van der Waals surface area contributed by atoms with Crippen molar-refractivity contribution in [2.24, 2.45) is 0 Å². The molecule has 1 aliphatic carbocycles. The summed E-state index contributed by atoms with van der Waals surface area (Å²) < 4.78 is 24.1. The van der Waals surface area contributed by atoms with E-state index in [9.17, 15) is 9.18 Å². The predicted molar refractivity (Wildman–Crippen MR) is 89.1 cm³/mol. The first kappa shape index (κ1) is 17.1. The Morgan fingerprint density at radius 3 is 2.68 bits per heavy atom. The number of benzene rings is 1. The molecule has 132 valence electrons. The number of nitrogens with zero attached hydrogens (tertiary/aromatic N) is 2. The van der Waals surface area contributed by atoms with E-state index >= 15 is 0 Å². The van der Waals surface area contributed by atoms with E-state index in [1.165, 1.54) is 31.5 Å². The van der Waals surface area contributed by atoms with Gasteiger partial charge < -0.3 is 14.8 Å². The fourth-order valence-electron chi connectivity index (χ4n) is 2.88. The standard InChI is InChI=1S/C18H20FN3O3/c1-24-16-10-20-11-17(22-16)25-15-7-5-14(6-8-15)21-18(23)12-3-2-4-13(19)9-12/h2-4,9-11,14-15H,5-8H2,1H3,(H,21,23). The van der Waals surface area contributed by atoms with Crippen molar-refractivity contribution in [2.75, 3.05) is 7.11 Å².